The lowest BCUT2D eigenvalue weighted by Crippen LogP contribution is -2.37. The SMILES string of the molecule is O=C(OCc1nnc(-c2ccccc2)o1)C1=CN2CCS(=O)(=O)N=C2C=C1. The highest BCUT2D eigenvalue weighted by molar-refractivity contribution is 7.90. The number of carbonyl (C=O) groups is 1. The standard InChI is InChI=1S/C17H14N4O5S/c22-17(13-6-7-14-20-27(23,24)9-8-21(14)10-13)25-11-15-18-19-16(26-15)12-4-2-1-3-5-12/h1-7,10H,8-9,11H2. The van der Waals surface area contributed by atoms with Crippen molar-refractivity contribution in [3.05, 3.63) is 60.1 Å². The molecule has 0 bridgehead atoms. The molecule has 3 heterocycles. The van der Waals surface area contributed by atoms with Crippen LogP contribution in [0.5, 0.6) is 0 Å². The molecule has 0 saturated carbocycles. The zero-order valence-corrected chi connectivity index (χ0v) is 14.8. The maximum atomic E-state index is 12.2. The fourth-order valence-corrected chi connectivity index (χ4v) is 3.51. The van der Waals surface area contributed by atoms with Crippen molar-refractivity contribution < 1.29 is 22.4 Å². The molecule has 0 saturated heterocycles. The summed E-state index contributed by atoms with van der Waals surface area (Å²) in [7, 11) is -3.44. The summed E-state index contributed by atoms with van der Waals surface area (Å²) in [5.41, 5.74) is 1.04. The Balaban J connectivity index is 1.40. The maximum absolute atomic E-state index is 12.2. The van der Waals surface area contributed by atoms with Crippen LogP contribution in [0.25, 0.3) is 11.5 Å². The van der Waals surface area contributed by atoms with E-state index >= 15 is 0 Å². The summed E-state index contributed by atoms with van der Waals surface area (Å²) in [6.07, 6.45) is 4.44. The van der Waals surface area contributed by atoms with Crippen molar-refractivity contribution in [2.75, 3.05) is 12.3 Å². The topological polar surface area (TPSA) is 115 Å². The van der Waals surface area contributed by atoms with Crippen LogP contribution in [-0.4, -0.2) is 47.6 Å². The fourth-order valence-electron chi connectivity index (χ4n) is 2.54. The molecular formula is C17H14N4O5S. The molecular weight excluding hydrogens is 372 g/mol. The number of sulfonamides is 1. The summed E-state index contributed by atoms with van der Waals surface area (Å²) in [4.78, 5) is 13.8. The number of aromatic nitrogens is 2. The second-order valence-electron chi connectivity index (χ2n) is 5.79. The Morgan fingerprint density at radius 3 is 2.81 bits per heavy atom. The van der Waals surface area contributed by atoms with Gasteiger partial charge >= 0.3 is 5.97 Å². The van der Waals surface area contributed by atoms with Crippen LogP contribution < -0.4 is 0 Å². The van der Waals surface area contributed by atoms with Crippen molar-refractivity contribution in [3.63, 3.8) is 0 Å². The molecule has 0 radical (unpaired) electrons. The summed E-state index contributed by atoms with van der Waals surface area (Å²) in [5, 5.41) is 7.79. The Kier molecular flexibility index (Phi) is 4.32. The van der Waals surface area contributed by atoms with Gasteiger partial charge in [0.1, 0.15) is 5.84 Å². The molecule has 0 spiro atoms. The molecule has 1 aromatic heterocycles. The van der Waals surface area contributed by atoms with E-state index in [1.165, 1.54) is 18.4 Å². The van der Waals surface area contributed by atoms with Gasteiger partial charge < -0.3 is 14.1 Å². The number of esters is 1. The van der Waals surface area contributed by atoms with Crippen molar-refractivity contribution in [1.82, 2.24) is 15.1 Å². The zero-order valence-electron chi connectivity index (χ0n) is 14.0. The molecule has 10 heteroatoms. The van der Waals surface area contributed by atoms with Crippen molar-refractivity contribution in [1.29, 1.82) is 0 Å². The summed E-state index contributed by atoms with van der Waals surface area (Å²) in [5.74, 6) is 0.107. The van der Waals surface area contributed by atoms with Gasteiger partial charge in [-0.1, -0.05) is 18.2 Å². The van der Waals surface area contributed by atoms with Crippen molar-refractivity contribution in [2.45, 2.75) is 6.61 Å². The minimum absolute atomic E-state index is 0.104. The molecule has 0 fully saturated rings. The third kappa shape index (κ3) is 3.80. The van der Waals surface area contributed by atoms with E-state index < -0.39 is 16.0 Å². The van der Waals surface area contributed by atoms with Crippen LogP contribution in [-0.2, 0) is 26.2 Å². The molecule has 2 aliphatic rings. The van der Waals surface area contributed by atoms with Crippen LogP contribution in [0.3, 0.4) is 0 Å². The number of amidine groups is 1. The minimum Gasteiger partial charge on any atom is -0.452 e. The third-order valence-electron chi connectivity index (χ3n) is 3.87. The van der Waals surface area contributed by atoms with Crippen molar-refractivity contribution in [2.24, 2.45) is 4.40 Å². The van der Waals surface area contributed by atoms with Crippen LogP contribution in [0.15, 0.2) is 63.1 Å². The van der Waals surface area contributed by atoms with Gasteiger partial charge in [-0.05, 0) is 24.3 Å². The predicted molar refractivity (Wildman–Crippen MR) is 94.7 cm³/mol. The van der Waals surface area contributed by atoms with Gasteiger partial charge in [-0.15, -0.1) is 14.6 Å². The average molecular weight is 386 g/mol. The number of carbonyl (C=O) groups excluding carboxylic acids is 1. The Bertz CT molecular complexity index is 1070. The van der Waals surface area contributed by atoms with Crippen LogP contribution >= 0.6 is 0 Å². The van der Waals surface area contributed by atoms with E-state index in [1.54, 1.807) is 4.90 Å². The molecule has 2 aromatic rings. The number of hydrogen-bond acceptors (Lipinski definition) is 8. The zero-order chi connectivity index (χ0) is 18.9. The van der Waals surface area contributed by atoms with E-state index in [-0.39, 0.29) is 36.2 Å². The number of fused-ring (bicyclic) bond motifs is 1. The Morgan fingerprint density at radius 2 is 2.00 bits per heavy atom. The smallest absolute Gasteiger partial charge is 0.340 e. The second-order valence-corrected chi connectivity index (χ2v) is 7.54. The van der Waals surface area contributed by atoms with Crippen LogP contribution in [0.4, 0.5) is 0 Å². The van der Waals surface area contributed by atoms with Gasteiger partial charge in [0.15, 0.2) is 6.61 Å². The fraction of sp³-hybridized carbons (Fsp3) is 0.176. The Morgan fingerprint density at radius 1 is 1.19 bits per heavy atom. The van der Waals surface area contributed by atoms with Gasteiger partial charge in [-0.2, -0.15) is 0 Å². The number of benzene rings is 1. The second kappa shape index (κ2) is 6.80. The lowest BCUT2D eigenvalue weighted by molar-refractivity contribution is -0.140. The van der Waals surface area contributed by atoms with Crippen LogP contribution in [0, 0.1) is 0 Å². The first-order valence-electron chi connectivity index (χ1n) is 8.04. The highest BCUT2D eigenvalue weighted by Gasteiger charge is 2.25. The van der Waals surface area contributed by atoms with Crippen LogP contribution in [0.2, 0.25) is 0 Å². The minimum atomic E-state index is -3.44. The normalized spacial score (nSPS) is 17.7. The Labute approximate surface area is 154 Å². The lowest BCUT2D eigenvalue weighted by Gasteiger charge is -2.26. The molecule has 27 heavy (non-hydrogen) atoms. The Hall–Kier alpha value is -3.27. The van der Waals surface area contributed by atoms with Gasteiger partial charge in [-0.3, -0.25) is 0 Å². The van der Waals surface area contributed by atoms with Gasteiger partial charge in [0, 0.05) is 18.3 Å². The van der Waals surface area contributed by atoms with Crippen molar-refractivity contribution >= 4 is 21.8 Å². The number of hydrogen-bond donors (Lipinski definition) is 0. The first kappa shape index (κ1) is 17.2. The molecule has 0 N–H and O–H groups in total. The summed E-state index contributed by atoms with van der Waals surface area (Å²) < 4.78 is 37.3. The summed E-state index contributed by atoms with van der Waals surface area (Å²) in [6.45, 7) is 0.0611. The number of ether oxygens (including phenoxy) is 1. The van der Waals surface area contributed by atoms with E-state index in [9.17, 15) is 13.2 Å². The van der Waals surface area contributed by atoms with E-state index in [4.69, 9.17) is 9.15 Å². The van der Waals surface area contributed by atoms with Gasteiger partial charge in [-0.25, -0.2) is 13.2 Å². The lowest BCUT2D eigenvalue weighted by atomic mass is 10.2. The summed E-state index contributed by atoms with van der Waals surface area (Å²) in [6, 6.07) is 9.24. The van der Waals surface area contributed by atoms with E-state index in [0.29, 0.717) is 5.89 Å². The van der Waals surface area contributed by atoms with Gasteiger partial charge in [0.25, 0.3) is 15.9 Å². The molecule has 9 nitrogen and oxygen atoms in total. The van der Waals surface area contributed by atoms with Crippen molar-refractivity contribution in [3.8, 4) is 11.5 Å². The highest BCUT2D eigenvalue weighted by Crippen LogP contribution is 2.19. The number of rotatable bonds is 4. The first-order chi connectivity index (χ1) is 13.0. The molecule has 0 aliphatic carbocycles. The summed E-state index contributed by atoms with van der Waals surface area (Å²) >= 11 is 0. The molecule has 4 rings (SSSR count). The van der Waals surface area contributed by atoms with Crippen LogP contribution in [0.1, 0.15) is 5.89 Å². The third-order valence-corrected chi connectivity index (χ3v) is 5.04. The van der Waals surface area contributed by atoms with E-state index in [2.05, 4.69) is 14.6 Å². The monoisotopic (exact) mass is 386 g/mol. The highest BCUT2D eigenvalue weighted by atomic mass is 32.2. The maximum Gasteiger partial charge on any atom is 0.340 e. The van der Waals surface area contributed by atoms with Gasteiger partial charge in [0.05, 0.1) is 11.3 Å². The van der Waals surface area contributed by atoms with E-state index in [1.807, 2.05) is 30.3 Å². The molecule has 0 amide bonds. The molecule has 0 atom stereocenters. The largest absolute Gasteiger partial charge is 0.452 e. The molecule has 2 aliphatic heterocycles. The molecule has 1 aromatic carbocycles. The van der Waals surface area contributed by atoms with E-state index in [0.717, 1.165) is 5.56 Å². The first-order valence-corrected chi connectivity index (χ1v) is 9.65. The van der Waals surface area contributed by atoms with Gasteiger partial charge in [0.2, 0.25) is 5.89 Å². The quantitative estimate of drug-likeness (QED) is 0.722. The average Bonchev–Trinajstić information content (AvgIpc) is 3.15. The predicted octanol–water partition coefficient (Wildman–Crippen LogP) is 1.28. The number of nitrogens with zero attached hydrogens (tertiary/aromatic N) is 4. The molecule has 138 valence electrons. The molecule has 0 unspecified atom stereocenters.